The van der Waals surface area contributed by atoms with Crippen molar-refractivity contribution in [2.75, 3.05) is 17.7 Å². The number of carbonyl (C=O) groups is 3. The maximum atomic E-state index is 12.5. The fourth-order valence-electron chi connectivity index (χ4n) is 2.63. The van der Waals surface area contributed by atoms with Crippen molar-refractivity contribution in [2.24, 2.45) is 0 Å². The molecule has 0 saturated carbocycles. The van der Waals surface area contributed by atoms with Gasteiger partial charge in [-0.1, -0.05) is 30.3 Å². The average molecular weight is 389 g/mol. The van der Waals surface area contributed by atoms with Gasteiger partial charge in [0.2, 0.25) is 0 Å². The molecule has 29 heavy (non-hydrogen) atoms. The molecule has 2 aromatic carbocycles. The van der Waals surface area contributed by atoms with Gasteiger partial charge in [-0.15, -0.1) is 0 Å². The van der Waals surface area contributed by atoms with E-state index in [1.165, 1.54) is 26.2 Å². The van der Waals surface area contributed by atoms with E-state index in [2.05, 4.69) is 15.6 Å². The third kappa shape index (κ3) is 4.84. The molecule has 0 radical (unpaired) electrons. The lowest BCUT2D eigenvalue weighted by Crippen LogP contribution is -2.18. The van der Waals surface area contributed by atoms with Crippen molar-refractivity contribution < 1.29 is 19.1 Å². The molecule has 0 aliphatic heterocycles. The summed E-state index contributed by atoms with van der Waals surface area (Å²) in [6, 6.07) is 18.2. The van der Waals surface area contributed by atoms with Gasteiger partial charge < -0.3 is 15.4 Å². The summed E-state index contributed by atoms with van der Waals surface area (Å²) in [7, 11) is 1.51. The Bertz CT molecular complexity index is 1080. The first-order valence-corrected chi connectivity index (χ1v) is 8.81. The number of methoxy groups -OCH3 is 1. The summed E-state index contributed by atoms with van der Waals surface area (Å²) < 4.78 is 5.21. The highest BCUT2D eigenvalue weighted by atomic mass is 16.5. The standard InChI is InChI=1S/C22H19N3O4/c1-14(26)15-7-5-8-16(13-15)23-21(27)18-10-6-11-19(24-18)22(28)25-17-9-3-4-12-20(17)29-2/h3-13H,1-2H3,(H,23,27)(H,25,28). The molecule has 0 atom stereocenters. The number of pyridine rings is 1. The Balaban J connectivity index is 1.76. The molecule has 0 spiro atoms. The largest absolute Gasteiger partial charge is 0.495 e. The van der Waals surface area contributed by atoms with Crippen LogP contribution in [0.2, 0.25) is 0 Å². The van der Waals surface area contributed by atoms with E-state index in [1.54, 1.807) is 54.6 Å². The molecule has 2 N–H and O–H groups in total. The molecule has 3 rings (SSSR count). The van der Waals surface area contributed by atoms with E-state index in [4.69, 9.17) is 4.74 Å². The van der Waals surface area contributed by atoms with E-state index < -0.39 is 11.8 Å². The lowest BCUT2D eigenvalue weighted by molar-refractivity contribution is 0.100. The van der Waals surface area contributed by atoms with E-state index in [0.29, 0.717) is 22.7 Å². The second-order valence-electron chi connectivity index (χ2n) is 6.15. The van der Waals surface area contributed by atoms with E-state index in [1.807, 2.05) is 0 Å². The van der Waals surface area contributed by atoms with Gasteiger partial charge in [0.25, 0.3) is 11.8 Å². The predicted molar refractivity (Wildman–Crippen MR) is 110 cm³/mol. The van der Waals surface area contributed by atoms with Crippen LogP contribution in [0, 0.1) is 0 Å². The van der Waals surface area contributed by atoms with Crippen LogP contribution in [-0.2, 0) is 0 Å². The third-order valence-corrected chi connectivity index (χ3v) is 4.10. The molecular formula is C22H19N3O4. The van der Waals surface area contributed by atoms with Crippen LogP contribution in [0.5, 0.6) is 5.75 Å². The number of amides is 2. The minimum absolute atomic E-state index is 0.0749. The number of nitrogens with one attached hydrogen (secondary N) is 2. The molecule has 0 saturated heterocycles. The molecule has 0 aliphatic carbocycles. The van der Waals surface area contributed by atoms with Crippen LogP contribution in [-0.4, -0.2) is 29.7 Å². The summed E-state index contributed by atoms with van der Waals surface area (Å²) in [5.41, 5.74) is 1.61. The highest BCUT2D eigenvalue weighted by Gasteiger charge is 2.14. The maximum absolute atomic E-state index is 12.5. The number of para-hydroxylation sites is 2. The highest BCUT2D eigenvalue weighted by molar-refractivity contribution is 6.07. The summed E-state index contributed by atoms with van der Waals surface area (Å²) in [6.07, 6.45) is 0. The number of hydrogen-bond donors (Lipinski definition) is 2. The fourth-order valence-corrected chi connectivity index (χ4v) is 2.63. The first-order chi connectivity index (χ1) is 14.0. The predicted octanol–water partition coefficient (Wildman–Crippen LogP) is 3.80. The Morgan fingerprint density at radius 2 is 1.48 bits per heavy atom. The van der Waals surface area contributed by atoms with Crippen LogP contribution < -0.4 is 15.4 Å². The Morgan fingerprint density at radius 3 is 2.17 bits per heavy atom. The number of benzene rings is 2. The zero-order valence-corrected chi connectivity index (χ0v) is 15.9. The van der Waals surface area contributed by atoms with E-state index in [9.17, 15) is 14.4 Å². The summed E-state index contributed by atoms with van der Waals surface area (Å²) in [6.45, 7) is 1.45. The maximum Gasteiger partial charge on any atom is 0.274 e. The van der Waals surface area contributed by atoms with Gasteiger partial charge in [-0.2, -0.15) is 0 Å². The summed E-state index contributed by atoms with van der Waals surface area (Å²) in [5, 5.41) is 5.40. The summed E-state index contributed by atoms with van der Waals surface area (Å²) in [5.74, 6) is -0.547. The minimum Gasteiger partial charge on any atom is -0.495 e. The number of anilines is 2. The van der Waals surface area contributed by atoms with Crippen molar-refractivity contribution in [3.63, 3.8) is 0 Å². The molecule has 0 bridgehead atoms. The molecule has 2 amide bonds. The quantitative estimate of drug-likeness (QED) is 0.625. The number of rotatable bonds is 6. The van der Waals surface area contributed by atoms with Crippen molar-refractivity contribution in [3.05, 3.63) is 83.7 Å². The van der Waals surface area contributed by atoms with Crippen LogP contribution in [0.1, 0.15) is 38.3 Å². The highest BCUT2D eigenvalue weighted by Crippen LogP contribution is 2.23. The van der Waals surface area contributed by atoms with Crippen LogP contribution in [0.3, 0.4) is 0 Å². The van der Waals surface area contributed by atoms with Crippen molar-refractivity contribution in [1.29, 1.82) is 0 Å². The third-order valence-electron chi connectivity index (χ3n) is 4.10. The number of aromatic nitrogens is 1. The fraction of sp³-hybridized carbons (Fsp3) is 0.0909. The van der Waals surface area contributed by atoms with Gasteiger partial charge in [0.05, 0.1) is 12.8 Å². The SMILES string of the molecule is COc1ccccc1NC(=O)c1cccc(C(=O)Nc2cccc(C(C)=O)c2)n1. The van der Waals surface area contributed by atoms with E-state index >= 15 is 0 Å². The molecule has 0 fully saturated rings. The molecule has 3 aromatic rings. The number of Topliss-reactive ketones (excluding diaryl/α,β-unsaturated/α-hetero) is 1. The van der Waals surface area contributed by atoms with Gasteiger partial charge in [0.1, 0.15) is 17.1 Å². The van der Waals surface area contributed by atoms with Gasteiger partial charge in [0.15, 0.2) is 5.78 Å². The zero-order valence-electron chi connectivity index (χ0n) is 15.9. The molecule has 0 aliphatic rings. The Labute approximate surface area is 167 Å². The van der Waals surface area contributed by atoms with Crippen molar-refractivity contribution in [1.82, 2.24) is 4.98 Å². The second kappa shape index (κ2) is 8.79. The number of ketones is 1. The summed E-state index contributed by atoms with van der Waals surface area (Å²) >= 11 is 0. The number of ether oxygens (including phenoxy) is 1. The number of nitrogens with zero attached hydrogens (tertiary/aromatic N) is 1. The lowest BCUT2D eigenvalue weighted by atomic mass is 10.1. The van der Waals surface area contributed by atoms with Gasteiger partial charge in [-0.05, 0) is 43.3 Å². The Kier molecular flexibility index (Phi) is 5.99. The molecule has 7 nitrogen and oxygen atoms in total. The topological polar surface area (TPSA) is 97.4 Å². The van der Waals surface area contributed by atoms with Crippen molar-refractivity contribution >= 4 is 29.0 Å². The van der Waals surface area contributed by atoms with Gasteiger partial charge in [-0.25, -0.2) is 4.98 Å². The van der Waals surface area contributed by atoms with Gasteiger partial charge >= 0.3 is 0 Å². The smallest absolute Gasteiger partial charge is 0.274 e. The normalized spacial score (nSPS) is 10.1. The van der Waals surface area contributed by atoms with Crippen LogP contribution in [0.4, 0.5) is 11.4 Å². The molecular weight excluding hydrogens is 370 g/mol. The zero-order chi connectivity index (χ0) is 20.8. The average Bonchev–Trinajstić information content (AvgIpc) is 2.74. The van der Waals surface area contributed by atoms with Crippen LogP contribution >= 0.6 is 0 Å². The molecule has 1 aromatic heterocycles. The molecule has 0 unspecified atom stereocenters. The monoisotopic (exact) mass is 389 g/mol. The first kappa shape index (κ1) is 19.8. The summed E-state index contributed by atoms with van der Waals surface area (Å²) in [4.78, 5) is 40.7. The van der Waals surface area contributed by atoms with Crippen LogP contribution in [0.15, 0.2) is 66.7 Å². The van der Waals surface area contributed by atoms with E-state index in [-0.39, 0.29) is 17.2 Å². The van der Waals surface area contributed by atoms with E-state index in [0.717, 1.165) is 0 Å². The Morgan fingerprint density at radius 1 is 0.828 bits per heavy atom. The first-order valence-electron chi connectivity index (χ1n) is 8.81. The number of hydrogen-bond acceptors (Lipinski definition) is 5. The van der Waals surface area contributed by atoms with Crippen molar-refractivity contribution in [2.45, 2.75) is 6.92 Å². The second-order valence-corrected chi connectivity index (χ2v) is 6.15. The Hall–Kier alpha value is -4.00. The minimum atomic E-state index is -0.488. The van der Waals surface area contributed by atoms with Crippen LogP contribution in [0.25, 0.3) is 0 Å². The molecule has 1 heterocycles. The number of carbonyl (C=O) groups excluding carboxylic acids is 3. The molecule has 7 heteroatoms. The van der Waals surface area contributed by atoms with Gasteiger partial charge in [0, 0.05) is 11.3 Å². The van der Waals surface area contributed by atoms with Crippen molar-refractivity contribution in [3.8, 4) is 5.75 Å². The molecule has 146 valence electrons. The lowest BCUT2D eigenvalue weighted by Gasteiger charge is -2.10. The van der Waals surface area contributed by atoms with Gasteiger partial charge in [-0.3, -0.25) is 14.4 Å².